The second-order valence-corrected chi connectivity index (χ2v) is 8.15. The Labute approximate surface area is 148 Å². The van der Waals surface area contributed by atoms with Crippen molar-refractivity contribution in [3.63, 3.8) is 0 Å². The van der Waals surface area contributed by atoms with Gasteiger partial charge in [-0.1, -0.05) is 15.9 Å². The van der Waals surface area contributed by atoms with Crippen LogP contribution in [-0.2, 0) is 30.6 Å². The van der Waals surface area contributed by atoms with Crippen LogP contribution in [0.3, 0.4) is 0 Å². The van der Waals surface area contributed by atoms with Crippen molar-refractivity contribution in [1.82, 2.24) is 9.78 Å². The van der Waals surface area contributed by atoms with E-state index < -0.39 is 12.1 Å². The molecule has 0 bridgehead atoms. The van der Waals surface area contributed by atoms with Gasteiger partial charge in [0, 0.05) is 16.3 Å². The van der Waals surface area contributed by atoms with Crippen LogP contribution in [0.2, 0.25) is 0 Å². The molecule has 24 heavy (non-hydrogen) atoms. The number of hydrogen-bond donors (Lipinski definition) is 1. The molecule has 0 aliphatic heterocycles. The van der Waals surface area contributed by atoms with Gasteiger partial charge in [0.1, 0.15) is 6.17 Å². The van der Waals surface area contributed by atoms with Crippen LogP contribution in [-0.4, -0.2) is 31.9 Å². The number of carboxylic acid groups (broad SMARTS) is 1. The van der Waals surface area contributed by atoms with Gasteiger partial charge in [-0.3, -0.25) is 9.59 Å². The van der Waals surface area contributed by atoms with Gasteiger partial charge in [0.15, 0.2) is 0 Å². The molecule has 1 aromatic rings. The van der Waals surface area contributed by atoms with Crippen molar-refractivity contribution in [3.05, 3.63) is 27.2 Å². The number of alkyl halides is 2. The minimum Gasteiger partial charge on any atom is -0.481 e. The standard InChI is InChI=1S/C17H22BrFN2O3/c18-11-6-5-10(14(19)7-11)9-21-17(24)13-4-2-1-3-12(13)15(20-21)8-16(22)23/h10-11,14H,1-9H2,(H,22,23). The van der Waals surface area contributed by atoms with Crippen molar-refractivity contribution in [2.24, 2.45) is 5.92 Å². The van der Waals surface area contributed by atoms with Gasteiger partial charge < -0.3 is 5.11 Å². The number of carboxylic acids is 1. The lowest BCUT2D eigenvalue weighted by Gasteiger charge is -2.29. The molecule has 3 rings (SSSR count). The van der Waals surface area contributed by atoms with Crippen molar-refractivity contribution in [2.45, 2.75) is 68.9 Å². The Bertz CT molecular complexity index is 691. The van der Waals surface area contributed by atoms with Crippen molar-refractivity contribution in [2.75, 3.05) is 0 Å². The Hall–Kier alpha value is -1.24. The topological polar surface area (TPSA) is 72.2 Å². The summed E-state index contributed by atoms with van der Waals surface area (Å²) in [6.45, 7) is 0.236. The molecule has 3 unspecified atom stereocenters. The maximum Gasteiger partial charge on any atom is 0.309 e. The Kier molecular flexibility index (Phi) is 5.37. The van der Waals surface area contributed by atoms with E-state index in [0.717, 1.165) is 24.8 Å². The monoisotopic (exact) mass is 400 g/mol. The van der Waals surface area contributed by atoms with E-state index in [1.807, 2.05) is 0 Å². The van der Waals surface area contributed by atoms with E-state index in [-0.39, 0.29) is 29.3 Å². The van der Waals surface area contributed by atoms with Crippen LogP contribution in [0.25, 0.3) is 0 Å². The van der Waals surface area contributed by atoms with Gasteiger partial charge in [-0.2, -0.15) is 5.10 Å². The minimum absolute atomic E-state index is 0.160. The Balaban J connectivity index is 1.92. The molecule has 132 valence electrons. The summed E-state index contributed by atoms with van der Waals surface area (Å²) in [5.74, 6) is -1.19. The van der Waals surface area contributed by atoms with E-state index in [1.165, 1.54) is 4.68 Å². The van der Waals surface area contributed by atoms with Gasteiger partial charge in [0.2, 0.25) is 0 Å². The third-order valence-corrected chi connectivity index (χ3v) is 5.95. The number of fused-ring (bicyclic) bond motifs is 1. The SMILES string of the molecule is O=C(O)Cc1nn(CC2CCC(Br)CC2F)c(=O)c2c1CCCC2. The van der Waals surface area contributed by atoms with E-state index >= 15 is 0 Å². The molecule has 0 saturated heterocycles. The summed E-state index contributed by atoms with van der Waals surface area (Å²) in [4.78, 5) is 24.0. The van der Waals surface area contributed by atoms with Crippen LogP contribution in [0.5, 0.6) is 0 Å². The van der Waals surface area contributed by atoms with Gasteiger partial charge >= 0.3 is 5.97 Å². The Morgan fingerprint density at radius 2 is 2.00 bits per heavy atom. The summed E-state index contributed by atoms with van der Waals surface area (Å²) in [5, 5.41) is 13.4. The van der Waals surface area contributed by atoms with Crippen molar-refractivity contribution < 1.29 is 14.3 Å². The first-order chi connectivity index (χ1) is 11.5. The van der Waals surface area contributed by atoms with E-state index in [1.54, 1.807) is 0 Å². The molecule has 1 aromatic heterocycles. The molecule has 1 fully saturated rings. The maximum atomic E-state index is 14.3. The number of hydrogen-bond acceptors (Lipinski definition) is 3. The number of nitrogens with zero attached hydrogens (tertiary/aromatic N) is 2. The molecule has 1 saturated carbocycles. The second-order valence-electron chi connectivity index (χ2n) is 6.86. The number of rotatable bonds is 4. The van der Waals surface area contributed by atoms with Gasteiger partial charge in [-0.05, 0) is 50.5 Å². The molecule has 1 heterocycles. The van der Waals surface area contributed by atoms with Crippen LogP contribution >= 0.6 is 15.9 Å². The first kappa shape index (κ1) is 17.6. The maximum absolute atomic E-state index is 14.3. The van der Waals surface area contributed by atoms with Crippen LogP contribution in [0.1, 0.15) is 48.9 Å². The zero-order chi connectivity index (χ0) is 17.3. The molecule has 0 amide bonds. The fourth-order valence-electron chi connectivity index (χ4n) is 3.83. The molecule has 0 aromatic carbocycles. The molecular weight excluding hydrogens is 379 g/mol. The number of carbonyl (C=O) groups is 1. The fraction of sp³-hybridized carbons (Fsp3) is 0.706. The Morgan fingerprint density at radius 1 is 1.29 bits per heavy atom. The van der Waals surface area contributed by atoms with E-state index in [2.05, 4.69) is 21.0 Å². The van der Waals surface area contributed by atoms with E-state index in [0.29, 0.717) is 36.9 Å². The third kappa shape index (κ3) is 3.71. The van der Waals surface area contributed by atoms with Gasteiger partial charge in [0.25, 0.3) is 5.56 Å². The van der Waals surface area contributed by atoms with Crippen LogP contribution in [0.4, 0.5) is 4.39 Å². The summed E-state index contributed by atoms with van der Waals surface area (Å²) < 4.78 is 15.6. The van der Waals surface area contributed by atoms with Crippen molar-refractivity contribution in [1.29, 1.82) is 0 Å². The average Bonchev–Trinajstić information content (AvgIpc) is 2.54. The van der Waals surface area contributed by atoms with Crippen LogP contribution in [0.15, 0.2) is 4.79 Å². The van der Waals surface area contributed by atoms with Crippen molar-refractivity contribution >= 4 is 21.9 Å². The molecule has 7 heteroatoms. The summed E-state index contributed by atoms with van der Waals surface area (Å²) >= 11 is 3.45. The second kappa shape index (κ2) is 7.33. The summed E-state index contributed by atoms with van der Waals surface area (Å²) in [6, 6.07) is 0. The molecule has 1 N–H and O–H groups in total. The first-order valence-electron chi connectivity index (χ1n) is 8.57. The number of aliphatic carboxylic acids is 1. The highest BCUT2D eigenvalue weighted by molar-refractivity contribution is 9.09. The largest absolute Gasteiger partial charge is 0.481 e. The van der Waals surface area contributed by atoms with Gasteiger partial charge in [-0.25, -0.2) is 9.07 Å². The smallest absolute Gasteiger partial charge is 0.309 e. The quantitative estimate of drug-likeness (QED) is 0.788. The predicted octanol–water partition coefficient (Wildman–Crippen LogP) is 2.65. The highest BCUT2D eigenvalue weighted by Crippen LogP contribution is 2.32. The highest BCUT2D eigenvalue weighted by atomic mass is 79.9. The molecule has 3 atom stereocenters. The summed E-state index contributed by atoms with van der Waals surface area (Å²) in [6.07, 6.45) is 4.14. The van der Waals surface area contributed by atoms with Gasteiger partial charge in [0.05, 0.1) is 18.7 Å². The normalized spacial score (nSPS) is 26.8. The zero-order valence-corrected chi connectivity index (χ0v) is 15.1. The molecule has 0 radical (unpaired) electrons. The fourth-order valence-corrected chi connectivity index (χ4v) is 4.46. The number of halogens is 2. The van der Waals surface area contributed by atoms with Gasteiger partial charge in [-0.15, -0.1) is 0 Å². The van der Waals surface area contributed by atoms with E-state index in [4.69, 9.17) is 5.11 Å². The highest BCUT2D eigenvalue weighted by Gasteiger charge is 2.31. The lowest BCUT2D eigenvalue weighted by Crippen LogP contribution is -2.37. The van der Waals surface area contributed by atoms with E-state index in [9.17, 15) is 14.0 Å². The molecule has 0 spiro atoms. The molecule has 2 aliphatic rings. The average molecular weight is 401 g/mol. The molecule has 2 aliphatic carbocycles. The van der Waals surface area contributed by atoms with Crippen molar-refractivity contribution in [3.8, 4) is 0 Å². The minimum atomic E-state index is -0.962. The molecule has 5 nitrogen and oxygen atoms in total. The van der Waals surface area contributed by atoms with Crippen LogP contribution < -0.4 is 5.56 Å². The van der Waals surface area contributed by atoms with Crippen LogP contribution in [0, 0.1) is 5.92 Å². The third-order valence-electron chi connectivity index (χ3n) is 5.12. The summed E-state index contributed by atoms with van der Waals surface area (Å²) in [7, 11) is 0. The zero-order valence-electron chi connectivity index (χ0n) is 13.5. The molecular formula is C17H22BrFN2O3. The lowest BCUT2D eigenvalue weighted by molar-refractivity contribution is -0.136. The first-order valence-corrected chi connectivity index (χ1v) is 9.49. The number of aromatic nitrogens is 2. The Morgan fingerprint density at radius 3 is 2.67 bits per heavy atom. The summed E-state index contributed by atoms with van der Waals surface area (Å²) in [5.41, 5.74) is 1.82. The lowest BCUT2D eigenvalue weighted by atomic mass is 9.87. The predicted molar refractivity (Wildman–Crippen MR) is 91.4 cm³/mol.